The van der Waals surface area contributed by atoms with Crippen molar-refractivity contribution in [2.75, 3.05) is 0 Å². The molecule has 204 valence electrons. The topological polar surface area (TPSA) is 77.3 Å². The zero-order chi connectivity index (χ0) is 29.0. The lowest BCUT2D eigenvalue weighted by molar-refractivity contribution is 1.07. The number of nitrogens with zero attached hydrogens (tertiary/aromatic N) is 6. The van der Waals surface area contributed by atoms with Crippen LogP contribution >= 0.6 is 0 Å². The zero-order valence-electron chi connectivity index (χ0n) is 23.5. The Morgan fingerprint density at radius 3 is 1.44 bits per heavy atom. The summed E-state index contributed by atoms with van der Waals surface area (Å²) < 4.78 is 0. The molecule has 6 heteroatoms. The smallest absolute Gasteiger partial charge is 0.165 e. The van der Waals surface area contributed by atoms with Crippen molar-refractivity contribution in [3.05, 3.63) is 145 Å². The number of aromatic nitrogens is 6. The molecule has 7 aromatic rings. The van der Waals surface area contributed by atoms with Crippen molar-refractivity contribution < 1.29 is 0 Å². The normalized spacial score (nSPS) is 10.9. The third-order valence-electron chi connectivity index (χ3n) is 7.12. The third kappa shape index (κ3) is 5.67. The van der Waals surface area contributed by atoms with Gasteiger partial charge >= 0.3 is 0 Å². The summed E-state index contributed by atoms with van der Waals surface area (Å²) in [6.07, 6.45) is 3.58. The van der Waals surface area contributed by atoms with Gasteiger partial charge in [-0.05, 0) is 54.4 Å². The van der Waals surface area contributed by atoms with Gasteiger partial charge in [0.05, 0.1) is 22.8 Å². The molecule has 0 fully saturated rings. The summed E-state index contributed by atoms with van der Waals surface area (Å²) in [7, 11) is 0. The number of hydrogen-bond acceptors (Lipinski definition) is 6. The van der Waals surface area contributed by atoms with Crippen molar-refractivity contribution in [1.29, 1.82) is 0 Å². The fourth-order valence-corrected chi connectivity index (χ4v) is 4.84. The summed E-state index contributed by atoms with van der Waals surface area (Å²) in [6, 6.07) is 42.3. The number of pyridine rings is 3. The molecular weight excluding hydrogens is 528 g/mol. The van der Waals surface area contributed by atoms with E-state index in [2.05, 4.69) is 48.3 Å². The Morgan fingerprint density at radius 1 is 0.372 bits per heavy atom. The first-order valence-electron chi connectivity index (χ1n) is 14.0. The molecule has 0 amide bonds. The predicted octanol–water partition coefficient (Wildman–Crippen LogP) is 8.37. The minimum atomic E-state index is 0.558. The van der Waals surface area contributed by atoms with Gasteiger partial charge in [-0.3, -0.25) is 9.97 Å². The van der Waals surface area contributed by atoms with Crippen LogP contribution in [0.25, 0.3) is 68.1 Å². The summed E-state index contributed by atoms with van der Waals surface area (Å²) in [5.74, 6) is 1.78. The molecule has 0 spiro atoms. The maximum absolute atomic E-state index is 4.96. The molecule has 0 unspecified atom stereocenters. The van der Waals surface area contributed by atoms with Crippen LogP contribution in [0.5, 0.6) is 0 Å². The first-order valence-corrected chi connectivity index (χ1v) is 14.0. The van der Waals surface area contributed by atoms with Gasteiger partial charge in [0.15, 0.2) is 17.5 Å². The van der Waals surface area contributed by atoms with Crippen molar-refractivity contribution in [3.8, 4) is 68.1 Å². The standard InChI is InChI=1S/C37H26N6/c1-25-15-17-26(18-16-25)30-22-33(31-14-8-9-21-38-31)40-34(23-30)32-20-19-29(24-39-32)37-42-35(27-10-4-2-5-11-27)41-36(43-37)28-12-6-3-7-13-28/h2-24H,1H3. The molecule has 6 nitrogen and oxygen atoms in total. The average molecular weight is 555 g/mol. The molecule has 0 N–H and O–H groups in total. The largest absolute Gasteiger partial charge is 0.255 e. The number of hydrogen-bond donors (Lipinski definition) is 0. The van der Waals surface area contributed by atoms with Gasteiger partial charge in [-0.15, -0.1) is 0 Å². The van der Waals surface area contributed by atoms with Crippen molar-refractivity contribution in [2.45, 2.75) is 6.92 Å². The molecule has 3 aromatic carbocycles. The monoisotopic (exact) mass is 554 g/mol. The first-order chi connectivity index (χ1) is 21.2. The molecule has 0 saturated carbocycles. The van der Waals surface area contributed by atoms with Crippen molar-refractivity contribution in [2.24, 2.45) is 0 Å². The summed E-state index contributed by atoms with van der Waals surface area (Å²) in [5.41, 5.74) is 9.11. The van der Waals surface area contributed by atoms with Crippen LogP contribution in [-0.2, 0) is 0 Å². The summed E-state index contributed by atoms with van der Waals surface area (Å²) in [5, 5.41) is 0. The first kappa shape index (κ1) is 26.0. The van der Waals surface area contributed by atoms with Gasteiger partial charge in [0, 0.05) is 29.1 Å². The molecule has 0 aliphatic rings. The van der Waals surface area contributed by atoms with Crippen LogP contribution in [0.15, 0.2) is 140 Å². The minimum Gasteiger partial charge on any atom is -0.255 e. The second-order valence-corrected chi connectivity index (χ2v) is 10.2. The number of benzene rings is 3. The van der Waals surface area contributed by atoms with Crippen LogP contribution < -0.4 is 0 Å². The van der Waals surface area contributed by atoms with Gasteiger partial charge in [0.1, 0.15) is 0 Å². The fraction of sp³-hybridized carbons (Fsp3) is 0.0270. The van der Waals surface area contributed by atoms with Gasteiger partial charge in [-0.1, -0.05) is 96.6 Å². The Bertz CT molecular complexity index is 1930. The number of aryl methyl sites for hydroxylation is 1. The Balaban J connectivity index is 1.31. The molecule has 0 saturated heterocycles. The lowest BCUT2D eigenvalue weighted by Gasteiger charge is -2.11. The van der Waals surface area contributed by atoms with E-state index in [0.717, 1.165) is 50.6 Å². The second kappa shape index (κ2) is 11.5. The van der Waals surface area contributed by atoms with Gasteiger partial charge in [-0.25, -0.2) is 19.9 Å². The van der Waals surface area contributed by atoms with Gasteiger partial charge in [-0.2, -0.15) is 0 Å². The highest BCUT2D eigenvalue weighted by atomic mass is 15.0. The zero-order valence-corrected chi connectivity index (χ0v) is 23.5. The van der Waals surface area contributed by atoms with Crippen LogP contribution in [0, 0.1) is 6.92 Å². The summed E-state index contributed by atoms with van der Waals surface area (Å²) in [4.78, 5) is 28.8. The second-order valence-electron chi connectivity index (χ2n) is 10.2. The Kier molecular flexibility index (Phi) is 6.99. The molecule has 4 aromatic heterocycles. The van der Waals surface area contributed by atoms with E-state index in [4.69, 9.17) is 24.9 Å². The van der Waals surface area contributed by atoms with E-state index >= 15 is 0 Å². The highest BCUT2D eigenvalue weighted by Gasteiger charge is 2.14. The van der Waals surface area contributed by atoms with Gasteiger partial charge in [0.2, 0.25) is 0 Å². The number of rotatable bonds is 6. The molecule has 43 heavy (non-hydrogen) atoms. The van der Waals surface area contributed by atoms with Crippen molar-refractivity contribution in [1.82, 2.24) is 29.9 Å². The maximum atomic E-state index is 4.96. The molecule has 4 heterocycles. The molecular formula is C37H26N6. The van der Waals surface area contributed by atoms with E-state index in [9.17, 15) is 0 Å². The van der Waals surface area contributed by atoms with E-state index in [0.29, 0.717) is 17.5 Å². The van der Waals surface area contributed by atoms with Crippen LogP contribution in [0.2, 0.25) is 0 Å². The Morgan fingerprint density at radius 2 is 0.907 bits per heavy atom. The predicted molar refractivity (Wildman–Crippen MR) is 171 cm³/mol. The Hall–Kier alpha value is -5.88. The maximum Gasteiger partial charge on any atom is 0.165 e. The van der Waals surface area contributed by atoms with E-state index in [1.807, 2.05) is 91.0 Å². The third-order valence-corrected chi connectivity index (χ3v) is 7.12. The fourth-order valence-electron chi connectivity index (χ4n) is 4.84. The van der Waals surface area contributed by atoms with Crippen molar-refractivity contribution >= 4 is 0 Å². The lowest BCUT2D eigenvalue weighted by atomic mass is 10.0. The highest BCUT2D eigenvalue weighted by molar-refractivity contribution is 5.75. The van der Waals surface area contributed by atoms with Crippen LogP contribution in [0.4, 0.5) is 0 Å². The molecule has 0 atom stereocenters. The van der Waals surface area contributed by atoms with Crippen LogP contribution in [0.1, 0.15) is 5.56 Å². The van der Waals surface area contributed by atoms with Gasteiger partial charge < -0.3 is 0 Å². The summed E-state index contributed by atoms with van der Waals surface area (Å²) >= 11 is 0. The van der Waals surface area contributed by atoms with Gasteiger partial charge in [0.25, 0.3) is 0 Å². The quantitative estimate of drug-likeness (QED) is 0.206. The molecule has 0 aliphatic heterocycles. The minimum absolute atomic E-state index is 0.558. The van der Waals surface area contributed by atoms with Crippen molar-refractivity contribution in [3.63, 3.8) is 0 Å². The van der Waals surface area contributed by atoms with E-state index in [1.165, 1.54) is 5.56 Å². The highest BCUT2D eigenvalue weighted by Crippen LogP contribution is 2.30. The molecule has 0 radical (unpaired) electrons. The lowest BCUT2D eigenvalue weighted by Crippen LogP contribution is -2.00. The summed E-state index contributed by atoms with van der Waals surface area (Å²) in [6.45, 7) is 2.09. The van der Waals surface area contributed by atoms with Crippen LogP contribution in [-0.4, -0.2) is 29.9 Å². The average Bonchev–Trinajstić information content (AvgIpc) is 3.09. The Labute approximate surface area is 249 Å². The van der Waals surface area contributed by atoms with E-state index in [-0.39, 0.29) is 0 Å². The molecule has 0 bridgehead atoms. The molecule has 7 rings (SSSR count). The van der Waals surface area contributed by atoms with E-state index in [1.54, 1.807) is 12.4 Å². The SMILES string of the molecule is Cc1ccc(-c2cc(-c3ccccn3)nc(-c3ccc(-c4nc(-c5ccccc5)nc(-c5ccccc5)n4)cn3)c2)cc1. The molecule has 0 aliphatic carbocycles. The van der Waals surface area contributed by atoms with Crippen LogP contribution in [0.3, 0.4) is 0 Å². The van der Waals surface area contributed by atoms with E-state index < -0.39 is 0 Å².